The molecule has 30 heavy (non-hydrogen) atoms. The summed E-state index contributed by atoms with van der Waals surface area (Å²) in [5, 5.41) is 2.91. The molecule has 0 aromatic heterocycles. The zero-order valence-electron chi connectivity index (χ0n) is 18.5. The van der Waals surface area contributed by atoms with Crippen molar-refractivity contribution >= 4 is 17.5 Å². The normalized spacial score (nSPS) is 18.4. The molecule has 1 unspecified atom stereocenters. The van der Waals surface area contributed by atoms with Crippen molar-refractivity contribution in [2.45, 2.75) is 45.1 Å². The molecular weight excluding hydrogens is 380 g/mol. The molecule has 1 heterocycles. The molecule has 0 radical (unpaired) electrons. The summed E-state index contributed by atoms with van der Waals surface area (Å²) in [6.07, 6.45) is 0.609. The second-order valence-electron chi connectivity index (χ2n) is 8.83. The summed E-state index contributed by atoms with van der Waals surface area (Å²) in [5.74, 6) is 0.758. The molecule has 2 amide bonds. The minimum Gasteiger partial charge on any atom is -0.493 e. The number of methoxy groups -OCH3 is 2. The van der Waals surface area contributed by atoms with Crippen LogP contribution in [0.15, 0.2) is 42.5 Å². The van der Waals surface area contributed by atoms with Crippen molar-refractivity contribution in [3.05, 3.63) is 53.6 Å². The first-order valence-corrected chi connectivity index (χ1v) is 10.1. The van der Waals surface area contributed by atoms with Gasteiger partial charge in [-0.3, -0.25) is 9.59 Å². The van der Waals surface area contributed by atoms with E-state index in [-0.39, 0.29) is 17.2 Å². The lowest BCUT2D eigenvalue weighted by atomic mass is 9.84. The third-order valence-electron chi connectivity index (χ3n) is 5.79. The maximum absolute atomic E-state index is 13.1. The number of ether oxygens (including phenoxy) is 2. The summed E-state index contributed by atoms with van der Waals surface area (Å²) in [6, 6.07) is 12.8. The Morgan fingerprint density at radius 2 is 1.63 bits per heavy atom. The zero-order chi connectivity index (χ0) is 22.1. The van der Waals surface area contributed by atoms with Crippen molar-refractivity contribution in [3.8, 4) is 11.5 Å². The number of carbonyl (C=O) groups is 2. The second kappa shape index (κ2) is 8.01. The largest absolute Gasteiger partial charge is 0.493 e. The van der Waals surface area contributed by atoms with E-state index in [0.29, 0.717) is 35.7 Å². The highest BCUT2D eigenvalue weighted by molar-refractivity contribution is 6.04. The van der Waals surface area contributed by atoms with Crippen LogP contribution in [0.2, 0.25) is 0 Å². The number of likely N-dealkylation sites (tertiary alicyclic amines) is 1. The highest BCUT2D eigenvalue weighted by atomic mass is 16.5. The molecule has 1 atom stereocenters. The number of hydrogen-bond acceptors (Lipinski definition) is 4. The molecular formula is C24H30N2O4. The number of nitrogens with one attached hydrogen (secondary N) is 1. The summed E-state index contributed by atoms with van der Waals surface area (Å²) >= 11 is 0. The molecule has 6 nitrogen and oxygen atoms in total. The van der Waals surface area contributed by atoms with Crippen molar-refractivity contribution < 1.29 is 19.1 Å². The van der Waals surface area contributed by atoms with Gasteiger partial charge in [-0.15, -0.1) is 0 Å². The summed E-state index contributed by atoms with van der Waals surface area (Å²) in [4.78, 5) is 27.7. The minimum atomic E-state index is -0.896. The number of carbonyl (C=O) groups excluding carboxylic acids is 2. The van der Waals surface area contributed by atoms with E-state index in [1.165, 1.54) is 0 Å². The first kappa shape index (κ1) is 21.7. The van der Waals surface area contributed by atoms with Gasteiger partial charge in [0.05, 0.1) is 14.2 Å². The van der Waals surface area contributed by atoms with Gasteiger partial charge in [-0.2, -0.15) is 0 Å². The Morgan fingerprint density at radius 3 is 2.13 bits per heavy atom. The Bertz CT molecular complexity index is 947. The molecule has 1 aliphatic heterocycles. The van der Waals surface area contributed by atoms with Gasteiger partial charge in [0, 0.05) is 23.9 Å². The molecule has 160 valence electrons. The topological polar surface area (TPSA) is 67.9 Å². The Morgan fingerprint density at radius 1 is 1.00 bits per heavy atom. The van der Waals surface area contributed by atoms with Crippen LogP contribution in [0.25, 0.3) is 0 Å². The molecule has 0 aliphatic carbocycles. The van der Waals surface area contributed by atoms with E-state index in [4.69, 9.17) is 9.47 Å². The van der Waals surface area contributed by atoms with Gasteiger partial charge in [0.1, 0.15) is 5.54 Å². The fourth-order valence-electron chi connectivity index (χ4n) is 3.57. The van der Waals surface area contributed by atoms with Crippen LogP contribution in [0.3, 0.4) is 0 Å². The summed E-state index contributed by atoms with van der Waals surface area (Å²) in [6.45, 7) is 8.75. The van der Waals surface area contributed by atoms with E-state index >= 15 is 0 Å². The average molecular weight is 411 g/mol. The molecule has 1 aliphatic rings. The van der Waals surface area contributed by atoms with E-state index in [1.54, 1.807) is 44.2 Å². The van der Waals surface area contributed by atoms with Crippen molar-refractivity contribution in [1.82, 2.24) is 4.90 Å². The maximum Gasteiger partial charge on any atom is 0.254 e. The predicted molar refractivity (Wildman–Crippen MR) is 117 cm³/mol. The van der Waals surface area contributed by atoms with Crippen molar-refractivity contribution in [2.75, 3.05) is 26.1 Å². The Kier molecular flexibility index (Phi) is 5.79. The average Bonchev–Trinajstić information content (AvgIpc) is 2.71. The SMILES string of the molecule is COc1ccc(NC(=O)C2(C)CCN2C(=O)c2ccc(C(C)(C)C)cc2)cc1OC. The van der Waals surface area contributed by atoms with E-state index in [9.17, 15) is 9.59 Å². The summed E-state index contributed by atoms with van der Waals surface area (Å²) in [7, 11) is 3.10. The van der Waals surface area contributed by atoms with Crippen molar-refractivity contribution in [1.29, 1.82) is 0 Å². The zero-order valence-corrected chi connectivity index (χ0v) is 18.5. The molecule has 1 fully saturated rings. The number of nitrogens with zero attached hydrogens (tertiary/aromatic N) is 1. The lowest BCUT2D eigenvalue weighted by Crippen LogP contribution is -2.66. The number of rotatable bonds is 5. The molecule has 1 saturated heterocycles. The lowest BCUT2D eigenvalue weighted by molar-refractivity contribution is -0.132. The van der Waals surface area contributed by atoms with E-state index in [0.717, 1.165) is 5.56 Å². The Balaban J connectivity index is 1.75. The van der Waals surface area contributed by atoms with Crippen LogP contribution in [0.4, 0.5) is 5.69 Å². The van der Waals surface area contributed by atoms with Gasteiger partial charge < -0.3 is 19.7 Å². The van der Waals surface area contributed by atoms with Crippen LogP contribution < -0.4 is 14.8 Å². The molecule has 0 spiro atoms. The fraction of sp³-hybridized carbons (Fsp3) is 0.417. The predicted octanol–water partition coefficient (Wildman–Crippen LogP) is 4.24. The van der Waals surface area contributed by atoms with Gasteiger partial charge in [0.15, 0.2) is 11.5 Å². The molecule has 3 rings (SSSR count). The van der Waals surface area contributed by atoms with Crippen LogP contribution in [-0.4, -0.2) is 43.0 Å². The number of benzene rings is 2. The van der Waals surface area contributed by atoms with Gasteiger partial charge >= 0.3 is 0 Å². The third-order valence-corrected chi connectivity index (χ3v) is 5.79. The second-order valence-corrected chi connectivity index (χ2v) is 8.83. The molecule has 0 saturated carbocycles. The maximum atomic E-state index is 13.1. The van der Waals surface area contributed by atoms with E-state index in [1.807, 2.05) is 24.3 Å². The van der Waals surface area contributed by atoms with Crippen molar-refractivity contribution in [3.63, 3.8) is 0 Å². The first-order chi connectivity index (χ1) is 14.1. The van der Waals surface area contributed by atoms with Crippen LogP contribution in [0, 0.1) is 0 Å². The number of anilines is 1. The van der Waals surface area contributed by atoms with Crippen LogP contribution >= 0.6 is 0 Å². The highest BCUT2D eigenvalue weighted by Crippen LogP contribution is 2.35. The highest BCUT2D eigenvalue weighted by Gasteiger charge is 2.49. The molecule has 6 heteroatoms. The summed E-state index contributed by atoms with van der Waals surface area (Å²) in [5.41, 5.74) is 1.47. The van der Waals surface area contributed by atoms with Crippen LogP contribution in [0.5, 0.6) is 11.5 Å². The quantitative estimate of drug-likeness (QED) is 0.800. The lowest BCUT2D eigenvalue weighted by Gasteiger charge is -2.49. The van der Waals surface area contributed by atoms with Crippen LogP contribution in [-0.2, 0) is 10.2 Å². The number of hydrogen-bond donors (Lipinski definition) is 1. The minimum absolute atomic E-state index is 0.0200. The first-order valence-electron chi connectivity index (χ1n) is 10.1. The van der Waals surface area contributed by atoms with Gasteiger partial charge in [0.2, 0.25) is 5.91 Å². The molecule has 2 aromatic carbocycles. The summed E-state index contributed by atoms with van der Waals surface area (Å²) < 4.78 is 10.5. The third kappa shape index (κ3) is 3.99. The van der Waals surface area contributed by atoms with Crippen LogP contribution in [0.1, 0.15) is 50.0 Å². The standard InChI is InChI=1S/C24H30N2O4/c1-23(2,3)17-9-7-16(8-10-17)21(27)26-14-13-24(26,4)22(28)25-18-11-12-19(29-5)20(15-18)30-6/h7-12,15H,13-14H2,1-6H3,(H,25,28). The fourth-order valence-corrected chi connectivity index (χ4v) is 3.57. The Hall–Kier alpha value is -3.02. The smallest absolute Gasteiger partial charge is 0.254 e. The van der Waals surface area contributed by atoms with E-state index < -0.39 is 5.54 Å². The number of amides is 2. The molecule has 1 N–H and O–H groups in total. The Labute approximate surface area is 178 Å². The van der Waals surface area contributed by atoms with Gasteiger partial charge in [-0.1, -0.05) is 32.9 Å². The van der Waals surface area contributed by atoms with Gasteiger partial charge in [-0.05, 0) is 48.6 Å². The molecule has 0 bridgehead atoms. The van der Waals surface area contributed by atoms with Gasteiger partial charge in [0.25, 0.3) is 5.91 Å². The van der Waals surface area contributed by atoms with Gasteiger partial charge in [-0.25, -0.2) is 0 Å². The molecule has 2 aromatic rings. The monoisotopic (exact) mass is 410 g/mol. The van der Waals surface area contributed by atoms with E-state index in [2.05, 4.69) is 26.1 Å². The van der Waals surface area contributed by atoms with Crippen molar-refractivity contribution in [2.24, 2.45) is 0 Å².